The summed E-state index contributed by atoms with van der Waals surface area (Å²) in [6, 6.07) is 14.8. The molecular formula is C16H18BNO5S. The quantitative estimate of drug-likeness (QED) is 0.778. The van der Waals surface area contributed by atoms with Gasteiger partial charge in [0.2, 0.25) is 0 Å². The first-order chi connectivity index (χ1) is 11.5. The van der Waals surface area contributed by atoms with Crippen molar-refractivity contribution < 1.29 is 22.6 Å². The summed E-state index contributed by atoms with van der Waals surface area (Å²) in [4.78, 5) is 11.6. The summed E-state index contributed by atoms with van der Waals surface area (Å²) < 4.78 is 36.4. The fourth-order valence-corrected chi connectivity index (χ4v) is 2.75. The fourth-order valence-electron chi connectivity index (χ4n) is 1.86. The predicted molar refractivity (Wildman–Crippen MR) is 91.6 cm³/mol. The van der Waals surface area contributed by atoms with E-state index in [9.17, 15) is 13.2 Å². The first-order valence-corrected chi connectivity index (χ1v) is 8.96. The number of ether oxygens (including phenoxy) is 1. The van der Waals surface area contributed by atoms with Gasteiger partial charge in [0.25, 0.3) is 10.0 Å². The van der Waals surface area contributed by atoms with E-state index >= 15 is 0 Å². The van der Waals surface area contributed by atoms with Gasteiger partial charge in [0, 0.05) is 0 Å². The summed E-state index contributed by atoms with van der Waals surface area (Å²) in [6.07, 6.45) is -0.167. The Morgan fingerprint density at radius 3 is 2.38 bits per heavy atom. The standard InChI is InChI=1S/C16H18BNO5S/c1-2-17-23-14-8-10-15(11-9-14)24(20,21)18-16(19)22-12-13-6-4-3-5-7-13/h3-11,17H,2,12H2,1H3,(H,18,19). The molecule has 0 aliphatic rings. The minimum Gasteiger partial charge on any atom is -0.564 e. The third kappa shape index (κ3) is 5.31. The average molecular weight is 347 g/mol. The Balaban J connectivity index is 1.93. The lowest BCUT2D eigenvalue weighted by Crippen LogP contribution is -2.31. The molecule has 0 saturated heterocycles. The average Bonchev–Trinajstić information content (AvgIpc) is 2.59. The van der Waals surface area contributed by atoms with Crippen LogP contribution in [0, 0.1) is 0 Å². The predicted octanol–water partition coefficient (Wildman–Crippen LogP) is 2.47. The number of nitrogens with one attached hydrogen (secondary N) is 1. The Morgan fingerprint density at radius 1 is 1.08 bits per heavy atom. The molecule has 6 nitrogen and oxygen atoms in total. The van der Waals surface area contributed by atoms with Gasteiger partial charge in [0.1, 0.15) is 6.61 Å². The minimum absolute atomic E-state index is 0.00795. The lowest BCUT2D eigenvalue weighted by Gasteiger charge is -2.09. The zero-order valence-electron chi connectivity index (χ0n) is 13.3. The monoisotopic (exact) mass is 347 g/mol. The molecule has 0 bridgehead atoms. The van der Waals surface area contributed by atoms with E-state index in [1.807, 2.05) is 17.7 Å². The van der Waals surface area contributed by atoms with Gasteiger partial charge in [-0.3, -0.25) is 0 Å². The topological polar surface area (TPSA) is 81.7 Å². The van der Waals surface area contributed by atoms with Crippen LogP contribution < -0.4 is 9.38 Å². The fraction of sp³-hybridized carbons (Fsp3) is 0.188. The molecule has 2 rings (SSSR count). The van der Waals surface area contributed by atoms with E-state index < -0.39 is 16.1 Å². The largest absolute Gasteiger partial charge is 0.564 e. The molecule has 0 unspecified atom stereocenters. The highest BCUT2D eigenvalue weighted by Gasteiger charge is 2.18. The molecular weight excluding hydrogens is 329 g/mol. The van der Waals surface area contributed by atoms with Gasteiger partial charge < -0.3 is 9.39 Å². The maximum Gasteiger partial charge on any atom is 0.421 e. The maximum atomic E-state index is 12.1. The van der Waals surface area contributed by atoms with Crippen LogP contribution in [-0.4, -0.2) is 22.0 Å². The van der Waals surface area contributed by atoms with Gasteiger partial charge in [-0.2, -0.15) is 0 Å². The van der Waals surface area contributed by atoms with E-state index in [1.54, 1.807) is 36.4 Å². The van der Waals surface area contributed by atoms with Crippen molar-refractivity contribution in [1.82, 2.24) is 4.72 Å². The smallest absolute Gasteiger partial charge is 0.421 e. The Bertz CT molecular complexity index is 763. The lowest BCUT2D eigenvalue weighted by molar-refractivity contribution is 0.146. The summed E-state index contributed by atoms with van der Waals surface area (Å²) in [7, 11) is -3.43. The molecule has 0 aromatic heterocycles. The maximum absolute atomic E-state index is 12.1. The van der Waals surface area contributed by atoms with Crippen LogP contribution in [-0.2, 0) is 21.4 Å². The number of carbonyl (C=O) groups is 1. The van der Waals surface area contributed by atoms with Crippen LogP contribution in [0.15, 0.2) is 59.5 Å². The third-order valence-electron chi connectivity index (χ3n) is 3.04. The summed E-state index contributed by atoms with van der Waals surface area (Å²) in [6.45, 7) is 1.97. The molecule has 8 heteroatoms. The molecule has 0 aliphatic carbocycles. The summed E-state index contributed by atoms with van der Waals surface area (Å²) in [5.74, 6) is 0.572. The van der Waals surface area contributed by atoms with Gasteiger partial charge in [-0.05, 0) is 36.1 Å². The van der Waals surface area contributed by atoms with Crippen LogP contribution in [0.1, 0.15) is 12.5 Å². The highest BCUT2D eigenvalue weighted by molar-refractivity contribution is 7.90. The van der Waals surface area contributed by atoms with Crippen LogP contribution in [0.2, 0.25) is 6.32 Å². The van der Waals surface area contributed by atoms with Gasteiger partial charge in [-0.25, -0.2) is 17.9 Å². The van der Waals surface area contributed by atoms with E-state index in [2.05, 4.69) is 0 Å². The van der Waals surface area contributed by atoms with Crippen LogP contribution in [0.4, 0.5) is 4.79 Å². The molecule has 0 radical (unpaired) electrons. The van der Waals surface area contributed by atoms with E-state index in [0.29, 0.717) is 13.2 Å². The molecule has 0 spiro atoms. The van der Waals surface area contributed by atoms with Crippen molar-refractivity contribution in [2.24, 2.45) is 0 Å². The molecule has 126 valence electrons. The molecule has 0 aliphatic heterocycles. The van der Waals surface area contributed by atoms with Gasteiger partial charge >= 0.3 is 13.6 Å². The molecule has 0 atom stereocenters. The number of amides is 1. The zero-order chi connectivity index (χ0) is 17.4. The number of benzene rings is 2. The van der Waals surface area contributed by atoms with Gasteiger partial charge in [0.05, 0.1) is 10.6 Å². The number of rotatable bonds is 7. The molecule has 0 fully saturated rings. The first-order valence-electron chi connectivity index (χ1n) is 7.47. The summed E-state index contributed by atoms with van der Waals surface area (Å²) in [5.41, 5.74) is 0.766. The van der Waals surface area contributed by atoms with Gasteiger partial charge in [-0.1, -0.05) is 37.3 Å². The highest BCUT2D eigenvalue weighted by Crippen LogP contribution is 2.16. The van der Waals surface area contributed by atoms with Crippen LogP contribution in [0.25, 0.3) is 0 Å². The summed E-state index contributed by atoms with van der Waals surface area (Å²) >= 11 is 0. The second-order valence-electron chi connectivity index (χ2n) is 4.99. The van der Waals surface area contributed by atoms with Crippen molar-refractivity contribution in [3.63, 3.8) is 0 Å². The van der Waals surface area contributed by atoms with Crippen molar-refractivity contribution in [2.75, 3.05) is 0 Å². The Labute approximate surface area is 142 Å². The Hall–Kier alpha value is -2.48. The molecule has 1 amide bonds. The second kappa shape index (κ2) is 8.40. The van der Waals surface area contributed by atoms with Crippen molar-refractivity contribution in [3.05, 3.63) is 60.2 Å². The van der Waals surface area contributed by atoms with Gasteiger partial charge in [0.15, 0.2) is 0 Å². The van der Waals surface area contributed by atoms with Crippen molar-refractivity contribution >= 4 is 23.6 Å². The van der Waals surface area contributed by atoms with Crippen LogP contribution in [0.5, 0.6) is 5.75 Å². The zero-order valence-corrected chi connectivity index (χ0v) is 14.1. The summed E-state index contributed by atoms with van der Waals surface area (Å²) in [5, 5.41) is 0. The lowest BCUT2D eigenvalue weighted by atomic mass is 9.97. The molecule has 0 saturated carbocycles. The Kier molecular flexibility index (Phi) is 6.25. The number of sulfonamides is 1. The normalized spacial score (nSPS) is 10.7. The van der Waals surface area contributed by atoms with Crippen LogP contribution >= 0.6 is 0 Å². The number of hydrogen-bond donors (Lipinski definition) is 1. The number of hydrogen-bond acceptors (Lipinski definition) is 5. The molecule has 24 heavy (non-hydrogen) atoms. The molecule has 0 heterocycles. The van der Waals surface area contributed by atoms with E-state index in [0.717, 1.165) is 11.9 Å². The van der Waals surface area contributed by atoms with Crippen molar-refractivity contribution in [3.8, 4) is 5.75 Å². The number of carbonyl (C=O) groups excluding carboxylic acids is 1. The Morgan fingerprint density at radius 2 is 1.75 bits per heavy atom. The van der Waals surface area contributed by atoms with E-state index in [1.165, 1.54) is 12.1 Å². The minimum atomic E-state index is -3.98. The van der Waals surface area contributed by atoms with Crippen molar-refractivity contribution in [2.45, 2.75) is 24.7 Å². The second-order valence-corrected chi connectivity index (χ2v) is 6.67. The SMILES string of the molecule is CCBOc1ccc(S(=O)(=O)NC(=O)OCc2ccccc2)cc1. The van der Waals surface area contributed by atoms with Crippen LogP contribution in [0.3, 0.4) is 0 Å². The molecule has 1 N–H and O–H groups in total. The van der Waals surface area contributed by atoms with E-state index in [4.69, 9.17) is 9.39 Å². The molecule has 2 aromatic rings. The first kappa shape index (κ1) is 17.9. The van der Waals surface area contributed by atoms with E-state index in [-0.39, 0.29) is 11.5 Å². The highest BCUT2D eigenvalue weighted by atomic mass is 32.2. The van der Waals surface area contributed by atoms with Gasteiger partial charge in [-0.15, -0.1) is 0 Å². The molecule has 2 aromatic carbocycles. The van der Waals surface area contributed by atoms with Crippen molar-refractivity contribution in [1.29, 1.82) is 0 Å². The third-order valence-corrected chi connectivity index (χ3v) is 4.37.